The van der Waals surface area contributed by atoms with Gasteiger partial charge in [-0.3, -0.25) is 0 Å². The van der Waals surface area contributed by atoms with Crippen molar-refractivity contribution in [1.29, 1.82) is 0 Å². The molecule has 0 radical (unpaired) electrons. The summed E-state index contributed by atoms with van der Waals surface area (Å²) < 4.78 is 0. The van der Waals surface area contributed by atoms with E-state index < -0.39 is 0 Å². The molecule has 1 nitrogen and oxygen atoms in total. The average molecular weight is 143 g/mol. The second kappa shape index (κ2) is 2.38. The topological polar surface area (TPSA) is 27.6 Å². The van der Waals surface area contributed by atoms with Crippen LogP contribution in [0.2, 0.25) is 5.02 Å². The Morgan fingerprint density at radius 1 is 1.44 bits per heavy atom. The molecular formula is C7H9ClN+. The first-order valence-electron chi connectivity index (χ1n) is 2.78. The van der Waals surface area contributed by atoms with E-state index in [2.05, 4.69) is 5.73 Å². The summed E-state index contributed by atoms with van der Waals surface area (Å²) in [6.07, 6.45) is 0. The quantitative estimate of drug-likeness (QED) is 0.569. The lowest BCUT2D eigenvalue weighted by molar-refractivity contribution is -0.254. The number of quaternary nitrogens is 1. The molecule has 1 aromatic rings. The van der Waals surface area contributed by atoms with Crippen molar-refractivity contribution >= 4 is 17.3 Å². The molecule has 3 N–H and O–H groups in total. The smallest absolute Gasteiger partial charge is 0.147 e. The Bertz CT molecular complexity index is 220. The molecule has 0 aliphatic heterocycles. The van der Waals surface area contributed by atoms with Crippen LogP contribution in [0.25, 0.3) is 0 Å². The van der Waals surface area contributed by atoms with Gasteiger partial charge in [-0.2, -0.15) is 0 Å². The van der Waals surface area contributed by atoms with Crippen LogP contribution in [-0.2, 0) is 0 Å². The van der Waals surface area contributed by atoms with Crippen LogP contribution in [0.1, 0.15) is 5.56 Å². The molecule has 0 spiro atoms. The van der Waals surface area contributed by atoms with Gasteiger partial charge in [0.2, 0.25) is 0 Å². The van der Waals surface area contributed by atoms with E-state index in [0.29, 0.717) is 0 Å². The molecule has 1 aromatic carbocycles. The normalized spacial score (nSPS) is 9.67. The second-order valence-corrected chi connectivity index (χ2v) is 2.50. The Hall–Kier alpha value is -0.530. The molecule has 0 aliphatic rings. The third-order valence-electron chi connectivity index (χ3n) is 1.20. The molecule has 0 bridgehead atoms. The molecule has 0 amide bonds. The van der Waals surface area contributed by atoms with Crippen LogP contribution in [0.15, 0.2) is 18.2 Å². The molecule has 0 fully saturated rings. The molecule has 2 heteroatoms. The van der Waals surface area contributed by atoms with Gasteiger partial charge < -0.3 is 5.73 Å². The van der Waals surface area contributed by atoms with Gasteiger partial charge in [0.25, 0.3) is 0 Å². The molecule has 1 rings (SSSR count). The van der Waals surface area contributed by atoms with Gasteiger partial charge in [-0.15, -0.1) is 0 Å². The van der Waals surface area contributed by atoms with E-state index in [1.807, 2.05) is 25.1 Å². The zero-order valence-electron chi connectivity index (χ0n) is 5.32. The predicted molar refractivity (Wildman–Crippen MR) is 38.7 cm³/mol. The molecule has 0 heterocycles. The van der Waals surface area contributed by atoms with Crippen LogP contribution < -0.4 is 5.73 Å². The lowest BCUT2D eigenvalue weighted by atomic mass is 10.2. The minimum Gasteiger partial charge on any atom is -0.324 e. The fraction of sp³-hybridized carbons (Fsp3) is 0.143. The summed E-state index contributed by atoms with van der Waals surface area (Å²) in [4.78, 5) is 0. The molecule has 0 atom stereocenters. The van der Waals surface area contributed by atoms with Gasteiger partial charge in [-0.25, -0.2) is 0 Å². The Kier molecular flexibility index (Phi) is 1.74. The van der Waals surface area contributed by atoms with E-state index in [0.717, 1.165) is 10.7 Å². The number of halogens is 1. The van der Waals surface area contributed by atoms with Crippen molar-refractivity contribution < 1.29 is 5.73 Å². The zero-order valence-corrected chi connectivity index (χ0v) is 6.07. The van der Waals surface area contributed by atoms with Crippen LogP contribution in [0, 0.1) is 6.92 Å². The first-order chi connectivity index (χ1) is 4.20. The molecule has 0 unspecified atom stereocenters. The third kappa shape index (κ3) is 1.44. The summed E-state index contributed by atoms with van der Waals surface area (Å²) in [5, 5.41) is 0.737. The average Bonchev–Trinajstić information content (AvgIpc) is 1.80. The van der Waals surface area contributed by atoms with Crippen molar-refractivity contribution in [2.24, 2.45) is 0 Å². The van der Waals surface area contributed by atoms with Crippen LogP contribution in [0.3, 0.4) is 0 Å². The van der Waals surface area contributed by atoms with Crippen molar-refractivity contribution in [2.45, 2.75) is 6.92 Å². The van der Waals surface area contributed by atoms with Gasteiger partial charge in [0.15, 0.2) is 0 Å². The standard InChI is InChI=1S/C7H8ClN/c1-5-2-3-6(8)7(9)4-5/h2-4H,9H2,1H3/p+1. The number of benzene rings is 1. The van der Waals surface area contributed by atoms with Crippen LogP contribution in [-0.4, -0.2) is 0 Å². The van der Waals surface area contributed by atoms with Crippen LogP contribution >= 0.6 is 11.6 Å². The maximum atomic E-state index is 5.72. The molecule has 0 aromatic heterocycles. The van der Waals surface area contributed by atoms with Crippen molar-refractivity contribution in [3.8, 4) is 0 Å². The van der Waals surface area contributed by atoms with Gasteiger partial charge in [0.05, 0.1) is 0 Å². The van der Waals surface area contributed by atoms with Gasteiger partial charge >= 0.3 is 0 Å². The van der Waals surface area contributed by atoms with Gasteiger partial charge in [-0.05, 0) is 18.6 Å². The largest absolute Gasteiger partial charge is 0.324 e. The van der Waals surface area contributed by atoms with E-state index in [1.54, 1.807) is 0 Å². The van der Waals surface area contributed by atoms with Crippen LogP contribution in [0.5, 0.6) is 0 Å². The molecule has 0 aliphatic carbocycles. The van der Waals surface area contributed by atoms with E-state index in [-0.39, 0.29) is 0 Å². The summed E-state index contributed by atoms with van der Waals surface area (Å²) in [5.41, 5.74) is 5.85. The molecule has 9 heavy (non-hydrogen) atoms. The van der Waals surface area contributed by atoms with Crippen LogP contribution in [0.4, 0.5) is 5.69 Å². The number of rotatable bonds is 0. The number of hydrogen-bond donors (Lipinski definition) is 1. The Morgan fingerprint density at radius 3 is 2.56 bits per heavy atom. The summed E-state index contributed by atoms with van der Waals surface area (Å²) in [5.74, 6) is 0. The van der Waals surface area contributed by atoms with E-state index in [1.165, 1.54) is 5.56 Å². The highest BCUT2D eigenvalue weighted by atomic mass is 35.5. The van der Waals surface area contributed by atoms with Crippen molar-refractivity contribution in [1.82, 2.24) is 0 Å². The third-order valence-corrected chi connectivity index (χ3v) is 1.57. The number of hydrogen-bond acceptors (Lipinski definition) is 0. The van der Waals surface area contributed by atoms with Crippen molar-refractivity contribution in [3.05, 3.63) is 28.8 Å². The first-order valence-corrected chi connectivity index (χ1v) is 3.16. The highest BCUT2D eigenvalue weighted by molar-refractivity contribution is 6.32. The first kappa shape index (κ1) is 6.59. The predicted octanol–water partition coefficient (Wildman–Crippen LogP) is 1.52. The van der Waals surface area contributed by atoms with Gasteiger partial charge in [0.1, 0.15) is 10.7 Å². The monoisotopic (exact) mass is 142 g/mol. The summed E-state index contributed by atoms with van der Waals surface area (Å²) >= 11 is 5.72. The Balaban J connectivity index is 3.17. The van der Waals surface area contributed by atoms with E-state index in [4.69, 9.17) is 11.6 Å². The zero-order chi connectivity index (χ0) is 6.85. The maximum absolute atomic E-state index is 5.72. The minimum atomic E-state index is 0.737. The van der Waals surface area contributed by atoms with Gasteiger partial charge in [-0.1, -0.05) is 17.7 Å². The summed E-state index contributed by atoms with van der Waals surface area (Å²) in [6.45, 7) is 2.02. The molecule has 48 valence electrons. The van der Waals surface area contributed by atoms with Crippen molar-refractivity contribution in [2.75, 3.05) is 0 Å². The minimum absolute atomic E-state index is 0.737. The van der Waals surface area contributed by atoms with Crippen molar-refractivity contribution in [3.63, 3.8) is 0 Å². The second-order valence-electron chi connectivity index (χ2n) is 2.09. The lowest BCUT2D eigenvalue weighted by Crippen LogP contribution is -2.40. The maximum Gasteiger partial charge on any atom is 0.147 e. The lowest BCUT2D eigenvalue weighted by Gasteiger charge is -1.92. The number of aryl methyl sites for hydroxylation is 1. The summed E-state index contributed by atoms with van der Waals surface area (Å²) in [7, 11) is 0. The Morgan fingerprint density at radius 2 is 2.11 bits per heavy atom. The molecule has 0 saturated heterocycles. The van der Waals surface area contributed by atoms with Gasteiger partial charge in [0, 0.05) is 6.07 Å². The molecular weight excluding hydrogens is 134 g/mol. The highest BCUT2D eigenvalue weighted by Crippen LogP contribution is 2.16. The SMILES string of the molecule is Cc1ccc(Cl)c([NH3+])c1. The Labute approximate surface area is 59.4 Å². The van der Waals surface area contributed by atoms with E-state index in [9.17, 15) is 0 Å². The van der Waals surface area contributed by atoms with E-state index >= 15 is 0 Å². The fourth-order valence-corrected chi connectivity index (χ4v) is 0.821. The summed E-state index contributed by atoms with van der Waals surface area (Å²) in [6, 6.07) is 5.79. The fourth-order valence-electron chi connectivity index (χ4n) is 0.704. The molecule has 0 saturated carbocycles. The highest BCUT2D eigenvalue weighted by Gasteiger charge is 1.96.